The predicted molar refractivity (Wildman–Crippen MR) is 75.5 cm³/mol. The highest BCUT2D eigenvalue weighted by Crippen LogP contribution is 2.49. The number of benzene rings is 1. The number of hydrogen-bond acceptors (Lipinski definition) is 1. The average molecular weight is 265 g/mol. The fourth-order valence-electron chi connectivity index (χ4n) is 2.68. The molecule has 2 aromatic rings. The molecule has 2 heterocycles. The molecule has 1 atom stereocenters. The Morgan fingerprint density at radius 2 is 2.00 bits per heavy atom. The minimum atomic E-state index is -3.18. The van der Waals surface area contributed by atoms with E-state index in [1.807, 2.05) is 0 Å². The van der Waals surface area contributed by atoms with Gasteiger partial charge in [-0.3, -0.25) is 0 Å². The van der Waals surface area contributed by atoms with E-state index >= 15 is 0 Å². The van der Waals surface area contributed by atoms with Crippen molar-refractivity contribution in [2.24, 2.45) is 7.05 Å². The highest BCUT2D eigenvalue weighted by molar-refractivity contribution is 5.55. The van der Waals surface area contributed by atoms with Crippen LogP contribution in [0.25, 0.3) is 5.69 Å². The van der Waals surface area contributed by atoms with Gasteiger partial charge in [-0.1, -0.05) is 32.0 Å². The lowest BCUT2D eigenvalue weighted by molar-refractivity contribution is -0.746. The lowest BCUT2D eigenvalue weighted by atomic mass is 9.61. The predicted octanol–water partition coefficient (Wildman–Crippen LogP) is 2.57. The minimum Gasteiger partial charge on any atom is -0.154 e. The molecule has 100 valence electrons. The summed E-state index contributed by atoms with van der Waals surface area (Å²) in [5.41, 5.74) is -3.71. The Labute approximate surface area is 127 Å². The molecule has 0 fully saturated rings. The van der Waals surface area contributed by atoms with Gasteiger partial charge in [0.15, 0.2) is 0 Å². The molecule has 0 N–H and O–H groups in total. The molecule has 1 aliphatic rings. The van der Waals surface area contributed by atoms with E-state index in [4.69, 9.17) is 12.3 Å². The number of rotatable bonds is 0. The van der Waals surface area contributed by atoms with Gasteiger partial charge < -0.3 is 0 Å². The quantitative estimate of drug-likeness (QED) is 0.671. The molecule has 19 heavy (non-hydrogen) atoms. The number of fused-ring (bicyclic) bond motifs is 3. The molecule has 1 aliphatic heterocycles. The monoisotopic (exact) mass is 265 g/mol. The molecule has 3 rings (SSSR count). The second-order valence-corrected chi connectivity index (χ2v) is 5.30. The van der Waals surface area contributed by atoms with Crippen LogP contribution in [0.1, 0.15) is 56.8 Å². The van der Waals surface area contributed by atoms with Crippen LogP contribution in [-0.4, -0.2) is 9.67 Å². The van der Waals surface area contributed by atoms with Crippen LogP contribution < -0.4 is 4.68 Å². The standard InChI is InChI=1S/C16H22N3/c1-11-8-7-9-12-13(11)19-14(17-10-18(19)6)16(4,5)15(12,2)3/h7-10H,1-6H3/q+1/i2D3,4D3,5D3. The van der Waals surface area contributed by atoms with Gasteiger partial charge in [0.1, 0.15) is 7.05 Å². The van der Waals surface area contributed by atoms with Crippen molar-refractivity contribution in [3.8, 4) is 5.69 Å². The van der Waals surface area contributed by atoms with Crippen molar-refractivity contribution >= 4 is 0 Å². The number of nitrogens with zero attached hydrogens (tertiary/aromatic N) is 3. The van der Waals surface area contributed by atoms with Crippen LogP contribution in [0.4, 0.5) is 0 Å². The molecule has 0 bridgehead atoms. The van der Waals surface area contributed by atoms with Gasteiger partial charge in [-0.15, -0.1) is 4.68 Å². The zero-order valence-corrected chi connectivity index (χ0v) is 11.2. The van der Waals surface area contributed by atoms with Gasteiger partial charge in [0.25, 0.3) is 5.82 Å². The summed E-state index contributed by atoms with van der Waals surface area (Å²) in [7, 11) is 1.61. The molecular weight excluding hydrogens is 234 g/mol. The molecule has 1 aromatic heterocycles. The van der Waals surface area contributed by atoms with Gasteiger partial charge in [-0.25, -0.2) is 0 Å². The highest BCUT2D eigenvalue weighted by atomic mass is 15.4. The fourth-order valence-corrected chi connectivity index (χ4v) is 2.68. The van der Waals surface area contributed by atoms with Gasteiger partial charge in [0.2, 0.25) is 0 Å². The van der Waals surface area contributed by atoms with Crippen molar-refractivity contribution < 1.29 is 17.0 Å². The molecule has 3 nitrogen and oxygen atoms in total. The molecule has 3 heteroatoms. The number of aromatic nitrogens is 3. The third-order valence-electron chi connectivity index (χ3n) is 3.94. The zero-order valence-electron chi connectivity index (χ0n) is 20.2. The molecule has 1 unspecified atom stereocenters. The van der Waals surface area contributed by atoms with E-state index in [-0.39, 0.29) is 11.4 Å². The molecule has 0 saturated carbocycles. The highest BCUT2D eigenvalue weighted by Gasteiger charge is 2.51. The smallest absolute Gasteiger partial charge is 0.154 e. The Morgan fingerprint density at radius 1 is 1.26 bits per heavy atom. The average Bonchev–Trinajstić information content (AvgIpc) is 2.85. The Balaban J connectivity index is 2.70. The second kappa shape index (κ2) is 3.47. The summed E-state index contributed by atoms with van der Waals surface area (Å²) in [6, 6.07) is 4.88. The van der Waals surface area contributed by atoms with Crippen LogP contribution in [0, 0.1) is 6.92 Å². The summed E-state index contributed by atoms with van der Waals surface area (Å²) in [6.07, 6.45) is 1.31. The Kier molecular flexibility index (Phi) is 1.05. The van der Waals surface area contributed by atoms with Gasteiger partial charge in [-0.05, 0) is 36.7 Å². The largest absolute Gasteiger partial charge is 0.307 e. The van der Waals surface area contributed by atoms with Crippen LogP contribution in [0.3, 0.4) is 0 Å². The lowest BCUT2D eigenvalue weighted by Gasteiger charge is -2.44. The Morgan fingerprint density at radius 3 is 2.68 bits per heavy atom. The van der Waals surface area contributed by atoms with E-state index < -0.39 is 31.4 Å². The summed E-state index contributed by atoms with van der Waals surface area (Å²) >= 11 is 0. The van der Waals surface area contributed by atoms with Crippen molar-refractivity contribution in [2.75, 3.05) is 0 Å². The van der Waals surface area contributed by atoms with Crippen LogP contribution in [0.2, 0.25) is 0 Å². The van der Waals surface area contributed by atoms with Gasteiger partial charge >= 0.3 is 6.33 Å². The summed E-state index contributed by atoms with van der Waals surface area (Å²) in [5, 5.41) is 0. The van der Waals surface area contributed by atoms with E-state index in [1.54, 1.807) is 26.1 Å². The summed E-state index contributed by atoms with van der Waals surface area (Å²) in [6.45, 7) is -6.32. The SMILES string of the molecule is [2H]C([2H])([2H])C1(C)c2cccc(C)c2-n2c(nc[n+]2C)C1(C([2H])([2H])[2H])C([2H])([2H])[2H]. The summed E-state index contributed by atoms with van der Waals surface area (Å²) in [4.78, 5) is 4.15. The molecule has 1 aromatic carbocycles. The normalized spacial score (nSPS) is 32.9. The van der Waals surface area contributed by atoms with Crippen molar-refractivity contribution in [3.05, 3.63) is 41.5 Å². The van der Waals surface area contributed by atoms with E-state index in [9.17, 15) is 0 Å². The van der Waals surface area contributed by atoms with Crippen LogP contribution in [0.15, 0.2) is 24.5 Å². The first-order valence-corrected chi connectivity index (χ1v) is 6.08. The molecular formula is C16H22N3+. The Bertz CT molecular complexity index is 922. The second-order valence-electron chi connectivity index (χ2n) is 5.30. The maximum absolute atomic E-state index is 8.28. The van der Waals surface area contributed by atoms with Crippen LogP contribution in [0.5, 0.6) is 0 Å². The molecule has 0 spiro atoms. The van der Waals surface area contributed by atoms with Crippen LogP contribution >= 0.6 is 0 Å². The summed E-state index contributed by atoms with van der Waals surface area (Å²) in [5.74, 6) is -0.296. The first-order chi connectivity index (χ1) is 12.5. The third-order valence-corrected chi connectivity index (χ3v) is 3.94. The van der Waals surface area contributed by atoms with Crippen molar-refractivity contribution in [1.29, 1.82) is 0 Å². The number of hydrogen-bond donors (Lipinski definition) is 0. The van der Waals surface area contributed by atoms with E-state index in [1.165, 1.54) is 28.7 Å². The maximum Gasteiger partial charge on any atom is 0.307 e. The van der Waals surface area contributed by atoms with Crippen LogP contribution in [-0.2, 0) is 17.9 Å². The molecule has 0 radical (unpaired) electrons. The molecule has 0 aliphatic carbocycles. The van der Waals surface area contributed by atoms with Gasteiger partial charge in [0.05, 0.1) is 11.1 Å². The van der Waals surface area contributed by atoms with E-state index in [2.05, 4.69) is 4.98 Å². The lowest BCUT2D eigenvalue weighted by Crippen LogP contribution is -2.51. The van der Waals surface area contributed by atoms with Crippen molar-refractivity contribution in [2.45, 2.75) is 45.2 Å². The van der Waals surface area contributed by atoms with E-state index in [0.717, 1.165) is 0 Å². The first-order valence-electron chi connectivity index (χ1n) is 10.6. The number of aryl methyl sites for hydroxylation is 2. The topological polar surface area (TPSA) is 21.7 Å². The van der Waals surface area contributed by atoms with E-state index in [0.29, 0.717) is 11.3 Å². The first kappa shape index (κ1) is 5.78. The fraction of sp³-hybridized carbons (Fsp3) is 0.500. The maximum atomic E-state index is 8.28. The third kappa shape index (κ3) is 1.33. The van der Waals surface area contributed by atoms with Crippen molar-refractivity contribution in [3.63, 3.8) is 0 Å². The van der Waals surface area contributed by atoms with Crippen molar-refractivity contribution in [1.82, 2.24) is 9.67 Å². The molecule has 0 amide bonds. The van der Waals surface area contributed by atoms with Gasteiger partial charge in [0, 0.05) is 17.8 Å². The molecule has 0 saturated heterocycles. The number of para-hydroxylation sites is 1. The van der Waals surface area contributed by atoms with Gasteiger partial charge in [-0.2, -0.15) is 4.68 Å². The zero-order chi connectivity index (χ0) is 21.5. The summed E-state index contributed by atoms with van der Waals surface area (Å²) < 4.78 is 77.3. The Hall–Kier alpha value is -1.64. The minimum absolute atomic E-state index is 0.154.